The standard InChI is InChI=1S/C9H7BrClF2NO2/c10-3-4-1-5(9(12)13)6(2-7(15)16)14-8(4)11/h1,9H,2-3H2,(H,15,16). The molecule has 0 aliphatic rings. The topological polar surface area (TPSA) is 50.2 Å². The van der Waals surface area contributed by atoms with Crippen molar-refractivity contribution in [2.45, 2.75) is 18.2 Å². The summed E-state index contributed by atoms with van der Waals surface area (Å²) in [7, 11) is 0. The lowest BCUT2D eigenvalue weighted by Gasteiger charge is -2.09. The number of rotatable bonds is 4. The van der Waals surface area contributed by atoms with Gasteiger partial charge in [0.15, 0.2) is 0 Å². The SMILES string of the molecule is O=C(O)Cc1nc(Cl)c(CBr)cc1C(F)F. The van der Waals surface area contributed by atoms with Crippen molar-refractivity contribution in [3.63, 3.8) is 0 Å². The summed E-state index contributed by atoms with van der Waals surface area (Å²) in [6.45, 7) is 0. The van der Waals surface area contributed by atoms with Crippen molar-refractivity contribution in [1.29, 1.82) is 0 Å². The fraction of sp³-hybridized carbons (Fsp3) is 0.333. The number of alkyl halides is 3. The average Bonchev–Trinajstić information content (AvgIpc) is 2.16. The van der Waals surface area contributed by atoms with Gasteiger partial charge < -0.3 is 5.11 Å². The molecule has 0 atom stereocenters. The smallest absolute Gasteiger partial charge is 0.309 e. The van der Waals surface area contributed by atoms with E-state index in [2.05, 4.69) is 20.9 Å². The third kappa shape index (κ3) is 3.12. The Kier molecular flexibility index (Phi) is 4.61. The van der Waals surface area contributed by atoms with Crippen LogP contribution < -0.4 is 0 Å². The third-order valence-corrected chi connectivity index (χ3v) is 2.79. The van der Waals surface area contributed by atoms with Gasteiger partial charge in [-0.2, -0.15) is 0 Å². The Labute approximate surface area is 104 Å². The summed E-state index contributed by atoms with van der Waals surface area (Å²) >= 11 is 8.79. The van der Waals surface area contributed by atoms with E-state index in [0.717, 1.165) is 0 Å². The highest BCUT2D eigenvalue weighted by Gasteiger charge is 2.19. The molecule has 1 rings (SSSR count). The Hall–Kier alpha value is -0.750. The highest BCUT2D eigenvalue weighted by atomic mass is 79.9. The predicted molar refractivity (Wildman–Crippen MR) is 58.2 cm³/mol. The lowest BCUT2D eigenvalue weighted by Crippen LogP contribution is -2.08. The Morgan fingerprint density at radius 3 is 2.69 bits per heavy atom. The summed E-state index contributed by atoms with van der Waals surface area (Å²) in [6, 6.07) is 1.17. The number of carbonyl (C=O) groups is 1. The van der Waals surface area contributed by atoms with E-state index in [-0.39, 0.29) is 21.7 Å². The van der Waals surface area contributed by atoms with E-state index in [9.17, 15) is 13.6 Å². The van der Waals surface area contributed by atoms with Crippen molar-refractivity contribution in [3.05, 3.63) is 28.0 Å². The van der Waals surface area contributed by atoms with Crippen LogP contribution in [0.5, 0.6) is 0 Å². The normalized spacial score (nSPS) is 10.8. The van der Waals surface area contributed by atoms with Crippen molar-refractivity contribution < 1.29 is 18.7 Å². The first-order valence-electron chi connectivity index (χ1n) is 4.19. The molecule has 0 saturated carbocycles. The third-order valence-electron chi connectivity index (χ3n) is 1.86. The van der Waals surface area contributed by atoms with E-state index in [1.165, 1.54) is 6.07 Å². The maximum absolute atomic E-state index is 12.6. The van der Waals surface area contributed by atoms with E-state index in [0.29, 0.717) is 5.56 Å². The van der Waals surface area contributed by atoms with Crippen molar-refractivity contribution in [2.75, 3.05) is 0 Å². The Morgan fingerprint density at radius 1 is 1.62 bits per heavy atom. The van der Waals surface area contributed by atoms with Crippen LogP contribution in [0.15, 0.2) is 6.07 Å². The molecule has 0 amide bonds. The largest absolute Gasteiger partial charge is 0.481 e. The van der Waals surface area contributed by atoms with Gasteiger partial charge in [0.05, 0.1) is 12.1 Å². The molecule has 0 saturated heterocycles. The van der Waals surface area contributed by atoms with Gasteiger partial charge in [-0.3, -0.25) is 4.79 Å². The molecule has 0 unspecified atom stereocenters. The monoisotopic (exact) mass is 313 g/mol. The molecular formula is C9H7BrClF2NO2. The van der Waals surface area contributed by atoms with Gasteiger partial charge in [-0.25, -0.2) is 13.8 Å². The van der Waals surface area contributed by atoms with Crippen LogP contribution >= 0.6 is 27.5 Å². The summed E-state index contributed by atoms with van der Waals surface area (Å²) in [4.78, 5) is 14.2. The first kappa shape index (κ1) is 13.3. The maximum Gasteiger partial charge on any atom is 0.309 e. The number of pyridine rings is 1. The zero-order valence-electron chi connectivity index (χ0n) is 7.88. The quantitative estimate of drug-likeness (QED) is 0.686. The molecule has 0 bridgehead atoms. The molecule has 3 nitrogen and oxygen atoms in total. The van der Waals surface area contributed by atoms with Crippen LogP contribution in [0.1, 0.15) is 23.2 Å². The Balaban J connectivity index is 3.24. The summed E-state index contributed by atoms with van der Waals surface area (Å²) in [5.74, 6) is -1.22. The van der Waals surface area contributed by atoms with E-state index < -0.39 is 18.8 Å². The van der Waals surface area contributed by atoms with Crippen LogP contribution in [0, 0.1) is 0 Å². The zero-order valence-corrected chi connectivity index (χ0v) is 10.2. The number of hydrogen-bond donors (Lipinski definition) is 1. The molecule has 88 valence electrons. The Bertz CT molecular complexity index is 415. The molecule has 0 spiro atoms. The molecular weight excluding hydrogens is 307 g/mol. The lowest BCUT2D eigenvalue weighted by atomic mass is 10.1. The highest BCUT2D eigenvalue weighted by molar-refractivity contribution is 9.08. The van der Waals surface area contributed by atoms with Gasteiger partial charge in [-0.1, -0.05) is 27.5 Å². The number of halogens is 4. The maximum atomic E-state index is 12.6. The van der Waals surface area contributed by atoms with E-state index in [1.54, 1.807) is 0 Å². The molecule has 0 fully saturated rings. The van der Waals surface area contributed by atoms with Gasteiger partial charge in [0, 0.05) is 16.5 Å². The van der Waals surface area contributed by atoms with E-state index in [1.807, 2.05) is 0 Å². The summed E-state index contributed by atoms with van der Waals surface area (Å²) in [6.07, 6.45) is -3.33. The lowest BCUT2D eigenvalue weighted by molar-refractivity contribution is -0.136. The van der Waals surface area contributed by atoms with Crippen LogP contribution in [-0.2, 0) is 16.5 Å². The minimum Gasteiger partial charge on any atom is -0.481 e. The molecule has 0 radical (unpaired) electrons. The van der Waals surface area contributed by atoms with Crippen molar-refractivity contribution >= 4 is 33.5 Å². The van der Waals surface area contributed by atoms with Gasteiger partial charge in [-0.15, -0.1) is 0 Å². The summed E-state index contributed by atoms with van der Waals surface area (Å²) in [5, 5.41) is 8.88. The number of aliphatic carboxylic acids is 1. The molecule has 1 aromatic rings. The molecule has 0 aliphatic heterocycles. The first-order chi connectivity index (χ1) is 7.45. The minimum absolute atomic E-state index is 0.0394. The predicted octanol–water partition coefficient (Wildman–Crippen LogP) is 3.19. The highest BCUT2D eigenvalue weighted by Crippen LogP contribution is 2.27. The molecule has 0 aliphatic carbocycles. The van der Waals surface area contributed by atoms with E-state index in [4.69, 9.17) is 16.7 Å². The molecule has 1 aromatic heterocycles. The Morgan fingerprint density at radius 2 is 2.25 bits per heavy atom. The number of hydrogen-bond acceptors (Lipinski definition) is 2. The molecule has 0 aromatic carbocycles. The van der Waals surface area contributed by atoms with Crippen molar-refractivity contribution in [2.24, 2.45) is 0 Å². The molecule has 1 heterocycles. The fourth-order valence-electron chi connectivity index (χ4n) is 1.15. The number of nitrogens with zero attached hydrogens (tertiary/aromatic N) is 1. The van der Waals surface area contributed by atoms with E-state index >= 15 is 0 Å². The van der Waals surface area contributed by atoms with Crippen molar-refractivity contribution in [3.8, 4) is 0 Å². The second-order valence-electron chi connectivity index (χ2n) is 2.98. The minimum atomic E-state index is -2.77. The zero-order chi connectivity index (χ0) is 12.3. The summed E-state index contributed by atoms with van der Waals surface area (Å²) < 4.78 is 25.3. The van der Waals surface area contributed by atoms with Crippen LogP contribution in [0.4, 0.5) is 8.78 Å². The first-order valence-corrected chi connectivity index (χ1v) is 5.69. The van der Waals surface area contributed by atoms with Crippen LogP contribution in [-0.4, -0.2) is 16.1 Å². The van der Waals surface area contributed by atoms with Gasteiger partial charge in [0.2, 0.25) is 0 Å². The van der Waals surface area contributed by atoms with Crippen LogP contribution in [0.2, 0.25) is 5.15 Å². The number of aromatic nitrogens is 1. The van der Waals surface area contributed by atoms with Crippen molar-refractivity contribution in [1.82, 2.24) is 4.98 Å². The van der Waals surface area contributed by atoms with Gasteiger partial charge >= 0.3 is 5.97 Å². The van der Waals surface area contributed by atoms with Crippen LogP contribution in [0.3, 0.4) is 0 Å². The summed E-state index contributed by atoms with van der Waals surface area (Å²) in [5.41, 5.74) is -0.176. The number of carboxylic acid groups (broad SMARTS) is 1. The van der Waals surface area contributed by atoms with Gasteiger partial charge in [-0.05, 0) is 6.07 Å². The van der Waals surface area contributed by atoms with Gasteiger partial charge in [0.1, 0.15) is 5.15 Å². The average molecular weight is 315 g/mol. The number of carboxylic acids is 1. The molecule has 1 N–H and O–H groups in total. The second-order valence-corrected chi connectivity index (χ2v) is 3.90. The van der Waals surface area contributed by atoms with Gasteiger partial charge in [0.25, 0.3) is 6.43 Å². The second kappa shape index (κ2) is 5.54. The molecule has 7 heteroatoms. The molecule has 16 heavy (non-hydrogen) atoms. The fourth-order valence-corrected chi connectivity index (χ4v) is 1.97. The van der Waals surface area contributed by atoms with Crippen LogP contribution in [0.25, 0.3) is 0 Å².